The van der Waals surface area contributed by atoms with Crippen molar-refractivity contribution in [2.24, 2.45) is 0 Å². The van der Waals surface area contributed by atoms with Gasteiger partial charge in [0.15, 0.2) is 5.69 Å². The standard InChI is InChI=1S/C13H3BrCl2F6N4O4/c14-5-1-4(13(20,21)22)10(16)24-11(5)23-8-6(25(27)28)2-3(12(17,18)19)7(15)9(8)26(29)30/h1-2H,(H,23,24). The molecule has 0 saturated carbocycles. The zero-order valence-corrected chi connectivity index (χ0v) is 16.6. The first-order chi connectivity index (χ1) is 13.6. The van der Waals surface area contributed by atoms with Gasteiger partial charge in [0.2, 0.25) is 0 Å². The molecule has 17 heteroatoms. The highest BCUT2D eigenvalue weighted by molar-refractivity contribution is 9.10. The second kappa shape index (κ2) is 8.03. The van der Waals surface area contributed by atoms with E-state index >= 15 is 0 Å². The maximum Gasteiger partial charge on any atom is 0.419 e. The summed E-state index contributed by atoms with van der Waals surface area (Å²) in [5.74, 6) is -0.685. The van der Waals surface area contributed by atoms with Crippen LogP contribution in [0, 0.1) is 20.2 Å². The molecule has 8 nitrogen and oxygen atoms in total. The van der Waals surface area contributed by atoms with E-state index in [9.17, 15) is 46.6 Å². The normalized spacial score (nSPS) is 12.0. The first-order valence-electron chi connectivity index (χ1n) is 6.98. The maximum absolute atomic E-state index is 13.1. The fraction of sp³-hybridized carbons (Fsp3) is 0.154. The molecule has 1 aromatic carbocycles. The van der Waals surface area contributed by atoms with Crippen LogP contribution in [0.1, 0.15) is 11.1 Å². The molecule has 1 heterocycles. The fourth-order valence-corrected chi connectivity index (χ4v) is 3.14. The van der Waals surface area contributed by atoms with Crippen LogP contribution in [0.2, 0.25) is 10.2 Å². The lowest BCUT2D eigenvalue weighted by Crippen LogP contribution is -2.12. The van der Waals surface area contributed by atoms with Gasteiger partial charge in [-0.25, -0.2) is 4.98 Å². The minimum Gasteiger partial charge on any atom is -0.328 e. The number of benzene rings is 1. The Morgan fingerprint density at radius 1 is 0.967 bits per heavy atom. The van der Waals surface area contributed by atoms with Crippen molar-refractivity contribution >= 4 is 62.0 Å². The topological polar surface area (TPSA) is 111 Å². The SMILES string of the molecule is O=[N+]([O-])c1cc(C(F)(F)F)c(Cl)c([N+](=O)[O-])c1Nc1nc(Cl)c(C(F)(F)F)cc1Br. The number of halogens is 9. The van der Waals surface area contributed by atoms with Gasteiger partial charge in [0.25, 0.3) is 0 Å². The molecule has 0 radical (unpaired) electrons. The van der Waals surface area contributed by atoms with Crippen molar-refractivity contribution in [3.63, 3.8) is 0 Å². The minimum atomic E-state index is -5.28. The van der Waals surface area contributed by atoms with E-state index in [2.05, 4.69) is 20.9 Å². The van der Waals surface area contributed by atoms with Crippen molar-refractivity contribution in [3.8, 4) is 0 Å². The van der Waals surface area contributed by atoms with Gasteiger partial charge in [0.05, 0.1) is 25.4 Å². The number of alkyl halides is 6. The molecular weight excluding hydrogens is 541 g/mol. The number of nitrogens with one attached hydrogen (secondary N) is 1. The van der Waals surface area contributed by atoms with Crippen LogP contribution in [0.15, 0.2) is 16.6 Å². The second-order valence-electron chi connectivity index (χ2n) is 5.27. The highest BCUT2D eigenvalue weighted by Gasteiger charge is 2.42. The summed E-state index contributed by atoms with van der Waals surface area (Å²) in [5, 5.41) is 21.9. The zero-order valence-electron chi connectivity index (χ0n) is 13.5. The van der Waals surface area contributed by atoms with Crippen LogP contribution >= 0.6 is 39.1 Å². The Kier molecular flexibility index (Phi) is 6.40. The van der Waals surface area contributed by atoms with Gasteiger partial charge >= 0.3 is 23.7 Å². The van der Waals surface area contributed by atoms with Gasteiger partial charge in [-0.05, 0) is 22.0 Å². The molecule has 0 unspecified atom stereocenters. The Morgan fingerprint density at radius 2 is 1.50 bits per heavy atom. The van der Waals surface area contributed by atoms with Gasteiger partial charge in [-0.15, -0.1) is 0 Å². The summed E-state index contributed by atoms with van der Waals surface area (Å²) in [7, 11) is 0. The van der Waals surface area contributed by atoms with Crippen LogP contribution in [0.25, 0.3) is 0 Å². The number of pyridine rings is 1. The average Bonchev–Trinajstić information content (AvgIpc) is 2.55. The molecule has 30 heavy (non-hydrogen) atoms. The predicted molar refractivity (Wildman–Crippen MR) is 95.0 cm³/mol. The van der Waals surface area contributed by atoms with Gasteiger partial charge in [0.1, 0.15) is 16.0 Å². The van der Waals surface area contributed by atoms with E-state index in [1.165, 1.54) is 0 Å². The van der Waals surface area contributed by atoms with Crippen LogP contribution in [0.4, 0.5) is 49.2 Å². The zero-order chi connectivity index (χ0) is 23.2. The van der Waals surface area contributed by atoms with E-state index in [0.717, 1.165) is 0 Å². The summed E-state index contributed by atoms with van der Waals surface area (Å²) >= 11 is 13.6. The first kappa shape index (κ1) is 23.9. The third kappa shape index (κ3) is 4.67. The van der Waals surface area contributed by atoms with Gasteiger partial charge in [-0.3, -0.25) is 20.2 Å². The second-order valence-corrected chi connectivity index (χ2v) is 6.86. The quantitative estimate of drug-likeness (QED) is 0.198. The van der Waals surface area contributed by atoms with Gasteiger partial charge in [-0.2, -0.15) is 26.3 Å². The van der Waals surface area contributed by atoms with Gasteiger partial charge in [-0.1, -0.05) is 23.2 Å². The highest BCUT2D eigenvalue weighted by atomic mass is 79.9. The van der Waals surface area contributed by atoms with E-state index in [0.29, 0.717) is 6.07 Å². The van der Waals surface area contributed by atoms with Crippen LogP contribution in [0.3, 0.4) is 0 Å². The Hall–Kier alpha value is -2.39. The number of hydrogen-bond donors (Lipinski definition) is 1. The number of anilines is 2. The molecule has 1 N–H and O–H groups in total. The summed E-state index contributed by atoms with van der Waals surface area (Å²) in [6.45, 7) is 0. The largest absolute Gasteiger partial charge is 0.419 e. The summed E-state index contributed by atoms with van der Waals surface area (Å²) < 4.78 is 77.3. The Morgan fingerprint density at radius 3 is 1.93 bits per heavy atom. The Labute approximate surface area is 179 Å². The molecule has 0 fully saturated rings. The first-order valence-corrected chi connectivity index (χ1v) is 8.53. The molecule has 162 valence electrons. The summed E-state index contributed by atoms with van der Waals surface area (Å²) in [5.41, 5.74) is -7.38. The number of nitro groups is 2. The molecule has 0 aliphatic heterocycles. The van der Waals surface area contributed by atoms with Gasteiger partial charge in [0, 0.05) is 6.07 Å². The number of nitrogens with zero attached hydrogens (tertiary/aromatic N) is 3. The predicted octanol–water partition coefficient (Wildman–Crippen LogP) is 6.75. The van der Waals surface area contributed by atoms with Crippen molar-refractivity contribution in [3.05, 3.63) is 58.1 Å². The molecule has 0 aliphatic carbocycles. The van der Waals surface area contributed by atoms with E-state index in [1.54, 1.807) is 0 Å². The Balaban J connectivity index is 2.80. The van der Waals surface area contributed by atoms with Crippen molar-refractivity contribution < 1.29 is 36.2 Å². The minimum absolute atomic E-state index is 0.0583. The number of aromatic nitrogens is 1. The molecule has 2 rings (SSSR count). The third-order valence-electron chi connectivity index (χ3n) is 3.38. The molecule has 0 atom stereocenters. The van der Waals surface area contributed by atoms with Crippen molar-refractivity contribution in [1.82, 2.24) is 4.98 Å². The number of nitro benzene ring substituents is 2. The molecule has 0 aliphatic rings. The molecule has 0 amide bonds. The lowest BCUT2D eigenvalue weighted by molar-refractivity contribution is -0.392. The highest BCUT2D eigenvalue weighted by Crippen LogP contribution is 2.49. The lowest BCUT2D eigenvalue weighted by Gasteiger charge is -2.15. The smallest absolute Gasteiger partial charge is 0.328 e. The van der Waals surface area contributed by atoms with Crippen molar-refractivity contribution in [2.45, 2.75) is 12.4 Å². The van der Waals surface area contributed by atoms with Crippen molar-refractivity contribution in [1.29, 1.82) is 0 Å². The average molecular weight is 544 g/mol. The lowest BCUT2D eigenvalue weighted by atomic mass is 10.1. The van der Waals surface area contributed by atoms with Gasteiger partial charge < -0.3 is 5.32 Å². The van der Waals surface area contributed by atoms with Crippen LogP contribution in [-0.4, -0.2) is 14.8 Å². The van der Waals surface area contributed by atoms with E-state index in [-0.39, 0.29) is 6.07 Å². The summed E-state index contributed by atoms with van der Waals surface area (Å²) in [6.07, 6.45) is -10.2. The molecule has 0 spiro atoms. The maximum atomic E-state index is 13.1. The molecule has 2 aromatic rings. The van der Waals surface area contributed by atoms with E-state index in [1.807, 2.05) is 5.32 Å². The summed E-state index contributed by atoms with van der Waals surface area (Å²) in [6, 6.07) is 0.359. The molecule has 0 bridgehead atoms. The van der Waals surface area contributed by atoms with E-state index in [4.69, 9.17) is 23.2 Å². The number of hydrogen-bond acceptors (Lipinski definition) is 6. The third-order valence-corrected chi connectivity index (χ3v) is 4.66. The monoisotopic (exact) mass is 542 g/mol. The van der Waals surface area contributed by atoms with Crippen LogP contribution in [0.5, 0.6) is 0 Å². The van der Waals surface area contributed by atoms with E-state index < -0.39 is 70.9 Å². The van der Waals surface area contributed by atoms with Crippen LogP contribution < -0.4 is 5.32 Å². The van der Waals surface area contributed by atoms with Crippen LogP contribution in [-0.2, 0) is 12.4 Å². The van der Waals surface area contributed by atoms with Crippen molar-refractivity contribution in [2.75, 3.05) is 5.32 Å². The Bertz CT molecular complexity index is 1060. The molecule has 1 aromatic heterocycles. The number of rotatable bonds is 4. The molecule has 0 saturated heterocycles. The summed E-state index contributed by atoms with van der Waals surface area (Å²) in [4.78, 5) is 23.1. The fourth-order valence-electron chi connectivity index (χ4n) is 2.15. The molecular formula is C13H3BrCl2F6N4O4.